The van der Waals surface area contributed by atoms with Crippen LogP contribution in [-0.4, -0.2) is 41.5 Å². The van der Waals surface area contributed by atoms with Gasteiger partial charge in [0.05, 0.1) is 6.26 Å². The molecular weight excluding hydrogens is 286 g/mol. The molecule has 2 N–H and O–H groups in total. The summed E-state index contributed by atoms with van der Waals surface area (Å²) in [5.74, 6) is 0.812. The molecule has 0 aliphatic rings. The lowest BCUT2D eigenvalue weighted by atomic mass is 10.2. The lowest BCUT2D eigenvalue weighted by Gasteiger charge is -2.04. The van der Waals surface area contributed by atoms with Crippen molar-refractivity contribution in [3.8, 4) is 0 Å². The molecule has 0 fully saturated rings. The first-order chi connectivity index (χ1) is 9.06. The van der Waals surface area contributed by atoms with Crippen molar-refractivity contribution < 1.29 is 8.42 Å². The predicted octanol–water partition coefficient (Wildman–Crippen LogP) is 0.922. The zero-order chi connectivity index (χ0) is 13.7. The summed E-state index contributed by atoms with van der Waals surface area (Å²) in [7, 11) is -3.05. The minimum Gasteiger partial charge on any atom is -0.355 e. The molecule has 2 aromatic heterocycles. The van der Waals surface area contributed by atoms with Crippen molar-refractivity contribution in [2.24, 2.45) is 0 Å². The lowest BCUT2D eigenvalue weighted by molar-refractivity contribution is 0.581. The topological polar surface area (TPSA) is 88.4 Å². The van der Waals surface area contributed by atoms with E-state index < -0.39 is 10.0 Å². The summed E-state index contributed by atoms with van der Waals surface area (Å²) in [4.78, 5) is 5.02. The predicted molar refractivity (Wildman–Crippen MR) is 76.1 cm³/mol. The smallest absolute Gasteiger partial charge is 0.220 e. The van der Waals surface area contributed by atoms with Crippen LogP contribution < -0.4 is 10.0 Å². The van der Waals surface area contributed by atoms with Crippen LogP contribution >= 0.6 is 11.5 Å². The van der Waals surface area contributed by atoms with E-state index >= 15 is 0 Å². The molecule has 7 nitrogen and oxygen atoms in total. The van der Waals surface area contributed by atoms with E-state index in [0.29, 0.717) is 6.54 Å². The molecule has 106 valence electrons. The molecule has 0 aliphatic carbocycles. The summed E-state index contributed by atoms with van der Waals surface area (Å²) in [6.45, 7) is 1.32. The van der Waals surface area contributed by atoms with Crippen LogP contribution in [0.1, 0.15) is 19.3 Å². The Morgan fingerprint density at radius 3 is 2.89 bits per heavy atom. The highest BCUT2D eigenvalue weighted by atomic mass is 32.2. The van der Waals surface area contributed by atoms with Gasteiger partial charge in [-0.25, -0.2) is 18.1 Å². The quantitative estimate of drug-likeness (QED) is 0.708. The second-order valence-corrected chi connectivity index (χ2v) is 6.80. The Labute approximate surface area is 116 Å². The van der Waals surface area contributed by atoms with Crippen LogP contribution in [0.4, 0.5) is 5.95 Å². The molecule has 19 heavy (non-hydrogen) atoms. The lowest BCUT2D eigenvalue weighted by Crippen LogP contribution is -2.22. The van der Waals surface area contributed by atoms with Crippen LogP contribution in [0.25, 0.3) is 4.96 Å². The Morgan fingerprint density at radius 1 is 1.32 bits per heavy atom. The van der Waals surface area contributed by atoms with E-state index in [4.69, 9.17) is 0 Å². The van der Waals surface area contributed by atoms with Gasteiger partial charge >= 0.3 is 0 Å². The highest BCUT2D eigenvalue weighted by Gasteiger charge is 2.04. The number of imidazole rings is 1. The third kappa shape index (κ3) is 4.44. The molecule has 0 aromatic carbocycles. The number of anilines is 1. The third-order valence-electron chi connectivity index (χ3n) is 2.55. The van der Waals surface area contributed by atoms with Crippen LogP contribution in [0.2, 0.25) is 0 Å². The number of rotatable bonds is 8. The molecule has 2 heterocycles. The van der Waals surface area contributed by atoms with Gasteiger partial charge in [-0.15, -0.1) is 0 Å². The summed E-state index contributed by atoms with van der Waals surface area (Å²) < 4.78 is 30.3. The fourth-order valence-corrected chi connectivity index (χ4v) is 2.83. The average Bonchev–Trinajstić information content (AvgIpc) is 2.90. The van der Waals surface area contributed by atoms with Crippen molar-refractivity contribution in [1.29, 1.82) is 0 Å². The van der Waals surface area contributed by atoms with E-state index in [1.54, 1.807) is 6.20 Å². The van der Waals surface area contributed by atoms with Gasteiger partial charge in [0.1, 0.15) is 0 Å². The van der Waals surface area contributed by atoms with Gasteiger partial charge in [-0.2, -0.15) is 4.37 Å². The van der Waals surface area contributed by atoms with Crippen molar-refractivity contribution in [2.45, 2.75) is 19.3 Å². The molecule has 0 spiro atoms. The summed E-state index contributed by atoms with van der Waals surface area (Å²) in [6, 6.07) is 0. The fraction of sp³-hybridized carbons (Fsp3) is 0.600. The maximum absolute atomic E-state index is 10.8. The monoisotopic (exact) mass is 303 g/mol. The van der Waals surface area contributed by atoms with Crippen molar-refractivity contribution in [2.75, 3.05) is 24.7 Å². The van der Waals surface area contributed by atoms with E-state index in [0.717, 1.165) is 36.7 Å². The Kier molecular flexibility index (Phi) is 4.72. The van der Waals surface area contributed by atoms with E-state index in [2.05, 4.69) is 19.4 Å². The number of hydrogen-bond acceptors (Lipinski definition) is 6. The zero-order valence-corrected chi connectivity index (χ0v) is 12.3. The van der Waals surface area contributed by atoms with Crippen molar-refractivity contribution in [3.05, 3.63) is 12.4 Å². The number of hydrogen-bond donors (Lipinski definition) is 2. The first-order valence-corrected chi connectivity index (χ1v) is 8.70. The molecule has 2 aromatic rings. The summed E-state index contributed by atoms with van der Waals surface area (Å²) in [5, 5.41) is 3.24. The third-order valence-corrected chi connectivity index (χ3v) is 4.01. The highest BCUT2D eigenvalue weighted by molar-refractivity contribution is 7.88. The Morgan fingerprint density at radius 2 is 2.11 bits per heavy atom. The highest BCUT2D eigenvalue weighted by Crippen LogP contribution is 2.13. The molecule has 9 heteroatoms. The van der Waals surface area contributed by atoms with Crippen molar-refractivity contribution in [1.82, 2.24) is 18.5 Å². The Hall–Kier alpha value is -1.19. The fourth-order valence-electron chi connectivity index (χ4n) is 1.65. The molecule has 0 aliphatic heterocycles. The maximum Gasteiger partial charge on any atom is 0.220 e. The molecule has 0 unspecified atom stereocenters. The SMILES string of the molecule is CS(=O)(=O)NCCCCCNc1nsc2nccn12. The second kappa shape index (κ2) is 6.31. The first kappa shape index (κ1) is 14.2. The van der Waals surface area contributed by atoms with Crippen LogP contribution in [0.5, 0.6) is 0 Å². The number of aromatic nitrogens is 3. The van der Waals surface area contributed by atoms with E-state index in [-0.39, 0.29) is 0 Å². The summed E-state index contributed by atoms with van der Waals surface area (Å²) in [6.07, 6.45) is 7.57. The van der Waals surface area contributed by atoms with Gasteiger partial charge in [-0.3, -0.25) is 4.40 Å². The minimum atomic E-state index is -3.05. The van der Waals surface area contributed by atoms with E-state index in [1.165, 1.54) is 17.8 Å². The number of nitrogens with one attached hydrogen (secondary N) is 2. The molecule has 0 saturated heterocycles. The standard InChI is InChI=1S/C10H17N5O2S2/c1-19(16,17)13-6-4-2-3-5-11-9-14-18-10-12-7-8-15(9)10/h7-8,13H,2-6H2,1H3,(H,11,14). The van der Waals surface area contributed by atoms with E-state index in [9.17, 15) is 8.42 Å². The molecular formula is C10H17N5O2S2. The Balaban J connectivity index is 1.61. The van der Waals surface area contributed by atoms with Crippen molar-refractivity contribution in [3.63, 3.8) is 0 Å². The summed E-state index contributed by atoms with van der Waals surface area (Å²) >= 11 is 1.36. The number of fused-ring (bicyclic) bond motifs is 1. The largest absolute Gasteiger partial charge is 0.355 e. The zero-order valence-electron chi connectivity index (χ0n) is 10.7. The molecule has 0 radical (unpaired) electrons. The van der Waals surface area contributed by atoms with Gasteiger partial charge in [0.15, 0.2) is 0 Å². The molecule has 0 atom stereocenters. The minimum absolute atomic E-state index is 0.501. The number of unbranched alkanes of at least 4 members (excludes halogenated alkanes) is 2. The van der Waals surface area contributed by atoms with E-state index in [1.807, 2.05) is 10.6 Å². The van der Waals surface area contributed by atoms with Gasteiger partial charge in [-0.1, -0.05) is 6.42 Å². The van der Waals surface area contributed by atoms with Crippen LogP contribution in [0, 0.1) is 0 Å². The molecule has 2 rings (SSSR count). The van der Waals surface area contributed by atoms with Gasteiger partial charge in [0, 0.05) is 37.0 Å². The first-order valence-electron chi connectivity index (χ1n) is 6.03. The summed E-state index contributed by atoms with van der Waals surface area (Å²) in [5.41, 5.74) is 0. The van der Waals surface area contributed by atoms with Crippen LogP contribution in [0.3, 0.4) is 0 Å². The molecule has 0 bridgehead atoms. The van der Waals surface area contributed by atoms with Crippen LogP contribution in [0.15, 0.2) is 12.4 Å². The van der Waals surface area contributed by atoms with Gasteiger partial charge < -0.3 is 5.32 Å². The molecule has 0 amide bonds. The van der Waals surface area contributed by atoms with Gasteiger partial charge in [0.2, 0.25) is 20.9 Å². The van der Waals surface area contributed by atoms with Crippen molar-refractivity contribution >= 4 is 32.5 Å². The second-order valence-electron chi connectivity index (χ2n) is 4.24. The van der Waals surface area contributed by atoms with Gasteiger partial charge in [-0.05, 0) is 12.8 Å². The number of nitrogens with zero attached hydrogens (tertiary/aromatic N) is 3. The Bertz CT molecular complexity index is 619. The normalized spacial score (nSPS) is 12.1. The molecule has 0 saturated carbocycles. The van der Waals surface area contributed by atoms with Gasteiger partial charge in [0.25, 0.3) is 0 Å². The van der Waals surface area contributed by atoms with Crippen LogP contribution in [-0.2, 0) is 10.0 Å². The number of sulfonamides is 1. The average molecular weight is 303 g/mol. The maximum atomic E-state index is 10.8.